The van der Waals surface area contributed by atoms with Crippen LogP contribution in [-0.4, -0.2) is 70.9 Å². The first kappa shape index (κ1) is 21.8. The van der Waals surface area contributed by atoms with Gasteiger partial charge in [0.05, 0.1) is 5.92 Å². The van der Waals surface area contributed by atoms with E-state index in [1.807, 2.05) is 18.5 Å². The molecule has 0 N–H and O–H groups in total. The first-order chi connectivity index (χ1) is 14.6. The summed E-state index contributed by atoms with van der Waals surface area (Å²) in [7, 11) is 0. The summed E-state index contributed by atoms with van der Waals surface area (Å²) in [6, 6.07) is 4.85. The van der Waals surface area contributed by atoms with E-state index >= 15 is 0 Å². The van der Waals surface area contributed by atoms with Gasteiger partial charge in [-0.05, 0) is 81.6 Å². The summed E-state index contributed by atoms with van der Waals surface area (Å²) < 4.78 is 0. The average molecular weight is 413 g/mol. The molecule has 0 unspecified atom stereocenters. The molecule has 1 aromatic heterocycles. The molecule has 0 bridgehead atoms. The Balaban J connectivity index is 1.24. The molecule has 30 heavy (non-hydrogen) atoms. The topological polar surface area (TPSA) is 39.7 Å². The van der Waals surface area contributed by atoms with E-state index in [0.29, 0.717) is 11.9 Å². The van der Waals surface area contributed by atoms with Crippen LogP contribution in [0.25, 0.3) is 0 Å². The lowest BCUT2D eigenvalue weighted by atomic mass is 9.86. The van der Waals surface area contributed by atoms with Crippen LogP contribution < -0.4 is 0 Å². The predicted molar refractivity (Wildman–Crippen MR) is 121 cm³/mol. The van der Waals surface area contributed by atoms with Gasteiger partial charge in [0, 0.05) is 44.6 Å². The van der Waals surface area contributed by atoms with E-state index < -0.39 is 0 Å². The molecule has 3 fully saturated rings. The summed E-state index contributed by atoms with van der Waals surface area (Å²) in [6.45, 7) is 12.1. The van der Waals surface area contributed by atoms with Crippen molar-refractivity contribution < 1.29 is 4.79 Å². The molecule has 0 radical (unpaired) electrons. The number of nitrogens with zero attached hydrogens (tertiary/aromatic N) is 4. The zero-order chi connectivity index (χ0) is 20.9. The second-order valence-electron chi connectivity index (χ2n) is 10.1. The van der Waals surface area contributed by atoms with E-state index in [2.05, 4.69) is 39.6 Å². The molecular weight excluding hydrogens is 372 g/mol. The first-order valence-corrected chi connectivity index (χ1v) is 12.2. The Morgan fingerprint density at radius 3 is 2.50 bits per heavy atom. The highest BCUT2D eigenvalue weighted by atomic mass is 16.2. The molecule has 3 aliphatic heterocycles. The fourth-order valence-electron chi connectivity index (χ4n) is 5.78. The van der Waals surface area contributed by atoms with Gasteiger partial charge in [-0.1, -0.05) is 19.9 Å². The van der Waals surface area contributed by atoms with Crippen molar-refractivity contribution in [2.45, 2.75) is 65.0 Å². The number of piperidine rings is 3. The molecular formula is C25H40N4O. The van der Waals surface area contributed by atoms with E-state index in [1.54, 1.807) is 0 Å². The largest absolute Gasteiger partial charge is 0.342 e. The minimum atomic E-state index is 0.225. The molecule has 3 aliphatic rings. The summed E-state index contributed by atoms with van der Waals surface area (Å²) in [5, 5.41) is 0. The zero-order valence-electron chi connectivity index (χ0n) is 19.0. The quantitative estimate of drug-likeness (QED) is 0.740. The number of pyridine rings is 1. The average Bonchev–Trinajstić information content (AvgIpc) is 2.80. The third-order valence-corrected chi connectivity index (χ3v) is 7.80. The lowest BCUT2D eigenvalue weighted by Gasteiger charge is -2.43. The number of hydrogen-bond donors (Lipinski definition) is 0. The molecule has 1 aromatic rings. The van der Waals surface area contributed by atoms with Crippen molar-refractivity contribution in [1.82, 2.24) is 19.7 Å². The van der Waals surface area contributed by atoms with E-state index in [0.717, 1.165) is 57.5 Å². The van der Waals surface area contributed by atoms with Gasteiger partial charge < -0.3 is 4.90 Å². The van der Waals surface area contributed by atoms with E-state index in [9.17, 15) is 4.79 Å². The van der Waals surface area contributed by atoms with Gasteiger partial charge in [0.25, 0.3) is 0 Å². The maximum Gasteiger partial charge on any atom is 0.226 e. The Morgan fingerprint density at radius 1 is 1.07 bits per heavy atom. The Bertz CT molecular complexity index is 663. The number of rotatable bonds is 5. The zero-order valence-corrected chi connectivity index (χ0v) is 19.0. The molecule has 5 heteroatoms. The van der Waals surface area contributed by atoms with Crippen LogP contribution in [-0.2, 0) is 11.3 Å². The van der Waals surface area contributed by atoms with Gasteiger partial charge in [0.15, 0.2) is 0 Å². The molecule has 0 saturated carbocycles. The Labute approximate surface area is 182 Å². The summed E-state index contributed by atoms with van der Waals surface area (Å²) in [4.78, 5) is 24.8. The van der Waals surface area contributed by atoms with Crippen LogP contribution in [0.2, 0.25) is 0 Å². The van der Waals surface area contributed by atoms with Crippen molar-refractivity contribution >= 4 is 5.91 Å². The van der Waals surface area contributed by atoms with Crippen LogP contribution >= 0.6 is 0 Å². The number of hydrogen-bond acceptors (Lipinski definition) is 4. The minimum Gasteiger partial charge on any atom is -0.342 e. The van der Waals surface area contributed by atoms with Crippen LogP contribution in [0.4, 0.5) is 0 Å². The lowest BCUT2D eigenvalue weighted by molar-refractivity contribution is -0.139. The van der Waals surface area contributed by atoms with Crippen molar-refractivity contribution in [1.29, 1.82) is 0 Å². The standard InChI is InChI=1S/C25H40N4O/c1-20(2)22-7-15-28(16-8-22)25(30)23-6-4-12-29(19-23)24-9-13-27(14-10-24)18-21-5-3-11-26-17-21/h3,5,11,17,20,22-24H,4,6-10,12-16,18-19H2,1-2H3/t23-/m1/s1. The summed E-state index contributed by atoms with van der Waals surface area (Å²) in [5.41, 5.74) is 1.31. The van der Waals surface area contributed by atoms with Gasteiger partial charge in [-0.15, -0.1) is 0 Å². The normalized spacial score (nSPS) is 25.7. The number of likely N-dealkylation sites (tertiary alicyclic amines) is 3. The lowest BCUT2D eigenvalue weighted by Crippen LogP contribution is -2.52. The van der Waals surface area contributed by atoms with Crippen molar-refractivity contribution in [3.05, 3.63) is 30.1 Å². The Kier molecular flexibility index (Phi) is 7.42. The van der Waals surface area contributed by atoms with Crippen molar-refractivity contribution in [2.24, 2.45) is 17.8 Å². The molecule has 166 valence electrons. The van der Waals surface area contributed by atoms with Gasteiger partial charge in [-0.2, -0.15) is 0 Å². The predicted octanol–water partition coefficient (Wildman–Crippen LogP) is 3.65. The second-order valence-corrected chi connectivity index (χ2v) is 10.1. The van der Waals surface area contributed by atoms with E-state index in [-0.39, 0.29) is 5.92 Å². The molecule has 0 aliphatic carbocycles. The molecule has 0 aromatic carbocycles. The molecule has 1 atom stereocenters. The van der Waals surface area contributed by atoms with Crippen LogP contribution in [0.5, 0.6) is 0 Å². The summed E-state index contributed by atoms with van der Waals surface area (Å²) in [6.07, 6.45) is 10.9. The molecule has 4 heterocycles. The first-order valence-electron chi connectivity index (χ1n) is 12.2. The van der Waals surface area contributed by atoms with Gasteiger partial charge >= 0.3 is 0 Å². The smallest absolute Gasteiger partial charge is 0.226 e. The highest BCUT2D eigenvalue weighted by Crippen LogP contribution is 2.29. The van der Waals surface area contributed by atoms with Crippen LogP contribution in [0.15, 0.2) is 24.5 Å². The minimum absolute atomic E-state index is 0.225. The van der Waals surface area contributed by atoms with E-state index in [4.69, 9.17) is 0 Å². The molecule has 4 rings (SSSR count). The van der Waals surface area contributed by atoms with Crippen LogP contribution in [0.3, 0.4) is 0 Å². The second kappa shape index (κ2) is 10.2. The number of aromatic nitrogens is 1. The fourth-order valence-corrected chi connectivity index (χ4v) is 5.78. The molecule has 3 saturated heterocycles. The molecule has 0 spiro atoms. The third-order valence-electron chi connectivity index (χ3n) is 7.80. The van der Waals surface area contributed by atoms with Crippen LogP contribution in [0, 0.1) is 17.8 Å². The number of amides is 1. The van der Waals surface area contributed by atoms with Gasteiger partial charge in [-0.3, -0.25) is 19.6 Å². The Hall–Kier alpha value is -1.46. The molecule has 5 nitrogen and oxygen atoms in total. The van der Waals surface area contributed by atoms with Crippen molar-refractivity contribution in [3.63, 3.8) is 0 Å². The van der Waals surface area contributed by atoms with Gasteiger partial charge in [0.1, 0.15) is 0 Å². The van der Waals surface area contributed by atoms with Crippen molar-refractivity contribution in [2.75, 3.05) is 39.3 Å². The monoisotopic (exact) mass is 412 g/mol. The summed E-state index contributed by atoms with van der Waals surface area (Å²) in [5.74, 6) is 2.21. The van der Waals surface area contributed by atoms with Crippen LogP contribution in [0.1, 0.15) is 57.9 Å². The molecule has 1 amide bonds. The number of carbonyl (C=O) groups excluding carboxylic acids is 1. The Morgan fingerprint density at radius 2 is 1.83 bits per heavy atom. The van der Waals surface area contributed by atoms with Crippen molar-refractivity contribution in [3.8, 4) is 0 Å². The fraction of sp³-hybridized carbons (Fsp3) is 0.760. The third kappa shape index (κ3) is 5.42. The maximum absolute atomic E-state index is 13.2. The highest BCUT2D eigenvalue weighted by Gasteiger charge is 2.34. The summed E-state index contributed by atoms with van der Waals surface area (Å²) >= 11 is 0. The van der Waals surface area contributed by atoms with Gasteiger partial charge in [0.2, 0.25) is 5.91 Å². The SMILES string of the molecule is CC(C)C1CCN(C(=O)[C@@H]2CCCN(C3CCN(Cc4cccnc4)CC3)C2)CC1. The number of carbonyl (C=O) groups is 1. The highest BCUT2D eigenvalue weighted by molar-refractivity contribution is 5.79. The maximum atomic E-state index is 13.2. The van der Waals surface area contributed by atoms with E-state index in [1.165, 1.54) is 44.2 Å². The van der Waals surface area contributed by atoms with Gasteiger partial charge in [-0.25, -0.2) is 0 Å².